The summed E-state index contributed by atoms with van der Waals surface area (Å²) in [7, 11) is 0. The lowest BCUT2D eigenvalue weighted by atomic mass is 10.2. The Morgan fingerprint density at radius 2 is 1.81 bits per heavy atom. The molecule has 2 aromatic rings. The predicted octanol–water partition coefficient (Wildman–Crippen LogP) is 5.10. The van der Waals surface area contributed by atoms with Crippen molar-refractivity contribution in [2.24, 2.45) is 0 Å². The Morgan fingerprint density at radius 3 is 2.52 bits per heavy atom. The average Bonchev–Trinajstić information content (AvgIpc) is 2.45. The molecule has 0 radical (unpaired) electrons. The van der Waals surface area contributed by atoms with Gasteiger partial charge >= 0.3 is 0 Å². The van der Waals surface area contributed by atoms with E-state index in [0.29, 0.717) is 11.6 Å². The van der Waals surface area contributed by atoms with Gasteiger partial charge in [-0.25, -0.2) is 0 Å². The zero-order valence-electron chi connectivity index (χ0n) is 11.7. The summed E-state index contributed by atoms with van der Waals surface area (Å²) in [6.07, 6.45) is 0. The van der Waals surface area contributed by atoms with E-state index in [4.69, 9.17) is 27.9 Å². The maximum atomic E-state index is 6.13. The Labute approximate surface area is 141 Å². The topological polar surface area (TPSA) is 21.3 Å². The van der Waals surface area contributed by atoms with E-state index in [1.165, 1.54) is 0 Å². The number of benzene rings is 2. The molecule has 0 saturated carbocycles. The molecule has 0 spiro atoms. The third kappa shape index (κ3) is 5.40. The van der Waals surface area contributed by atoms with E-state index in [1.807, 2.05) is 42.5 Å². The molecule has 0 unspecified atom stereocenters. The lowest BCUT2D eigenvalue weighted by molar-refractivity contribution is 0.302. The highest BCUT2D eigenvalue weighted by Gasteiger charge is 2.06. The normalized spacial score (nSPS) is 10.0. The van der Waals surface area contributed by atoms with Gasteiger partial charge in [-0.1, -0.05) is 48.3 Å². The van der Waals surface area contributed by atoms with Crippen LogP contribution < -0.4 is 10.1 Å². The van der Waals surface area contributed by atoms with Crippen LogP contribution in [0.5, 0.6) is 5.75 Å². The average molecular weight is 347 g/mol. The van der Waals surface area contributed by atoms with Gasteiger partial charge in [0.2, 0.25) is 0 Å². The van der Waals surface area contributed by atoms with Crippen LogP contribution in [0.15, 0.2) is 42.5 Å². The highest BCUT2D eigenvalue weighted by molar-refractivity contribution is 6.31. The van der Waals surface area contributed by atoms with Crippen molar-refractivity contribution in [2.75, 3.05) is 6.54 Å². The van der Waals surface area contributed by atoms with Crippen molar-refractivity contribution in [2.45, 2.75) is 20.1 Å². The number of rotatable bonds is 6. The van der Waals surface area contributed by atoms with Crippen LogP contribution in [0.25, 0.3) is 0 Å². The third-order valence-corrected chi connectivity index (χ3v) is 3.53. The Hall–Kier alpha value is -0.930. The van der Waals surface area contributed by atoms with Gasteiger partial charge in [-0.2, -0.15) is 0 Å². The van der Waals surface area contributed by atoms with Gasteiger partial charge in [0.15, 0.2) is 0 Å². The smallest absolute Gasteiger partial charge is 0.124 e. The Morgan fingerprint density at radius 1 is 1.05 bits per heavy atom. The van der Waals surface area contributed by atoms with Crippen LogP contribution in [0.2, 0.25) is 10.0 Å². The Bertz CT molecular complexity index is 575. The summed E-state index contributed by atoms with van der Waals surface area (Å²) in [5, 5.41) is 4.71. The predicted molar refractivity (Wildman–Crippen MR) is 91.9 cm³/mol. The van der Waals surface area contributed by atoms with E-state index in [2.05, 4.69) is 12.2 Å². The summed E-state index contributed by atoms with van der Waals surface area (Å²) in [4.78, 5) is 0. The van der Waals surface area contributed by atoms with E-state index in [0.717, 1.165) is 35.0 Å². The van der Waals surface area contributed by atoms with E-state index in [1.54, 1.807) is 0 Å². The van der Waals surface area contributed by atoms with Crippen LogP contribution >= 0.6 is 35.6 Å². The van der Waals surface area contributed by atoms with Crippen LogP contribution in [0, 0.1) is 0 Å². The molecule has 2 nitrogen and oxygen atoms in total. The quantitative estimate of drug-likeness (QED) is 0.785. The standard InChI is InChI=1S/C16H17Cl2NO.ClH/c1-2-19-10-13-9-14(17)7-8-16(13)20-11-12-5-3-4-6-15(12)18;/h3-9,19H,2,10-11H2,1H3;1H. The van der Waals surface area contributed by atoms with Crippen LogP contribution in [-0.4, -0.2) is 6.54 Å². The summed E-state index contributed by atoms with van der Waals surface area (Å²) in [6.45, 7) is 4.14. The molecule has 114 valence electrons. The third-order valence-electron chi connectivity index (χ3n) is 2.93. The molecule has 0 atom stereocenters. The summed E-state index contributed by atoms with van der Waals surface area (Å²) in [6, 6.07) is 13.3. The maximum Gasteiger partial charge on any atom is 0.124 e. The molecule has 2 aromatic carbocycles. The molecular weight excluding hydrogens is 329 g/mol. The maximum absolute atomic E-state index is 6.13. The second-order valence-corrected chi connectivity index (χ2v) is 5.26. The zero-order chi connectivity index (χ0) is 14.4. The first kappa shape index (κ1) is 18.1. The highest BCUT2D eigenvalue weighted by atomic mass is 35.5. The van der Waals surface area contributed by atoms with Crippen LogP contribution in [0.4, 0.5) is 0 Å². The van der Waals surface area contributed by atoms with E-state index in [9.17, 15) is 0 Å². The fourth-order valence-corrected chi connectivity index (χ4v) is 2.24. The van der Waals surface area contributed by atoms with Gasteiger partial charge < -0.3 is 10.1 Å². The second kappa shape index (κ2) is 9.16. The molecule has 0 amide bonds. The summed E-state index contributed by atoms with van der Waals surface area (Å²) in [5.74, 6) is 0.829. The fraction of sp³-hybridized carbons (Fsp3) is 0.250. The molecule has 5 heteroatoms. The summed E-state index contributed by atoms with van der Waals surface area (Å²) < 4.78 is 5.87. The van der Waals surface area contributed by atoms with E-state index in [-0.39, 0.29) is 12.4 Å². The Kier molecular flexibility index (Phi) is 7.91. The molecule has 0 saturated heterocycles. The Balaban J connectivity index is 0.00000220. The van der Waals surface area contributed by atoms with Gasteiger partial charge in [0.25, 0.3) is 0 Å². The lowest BCUT2D eigenvalue weighted by Crippen LogP contribution is -2.13. The number of hydrogen-bond acceptors (Lipinski definition) is 2. The van der Waals surface area contributed by atoms with Crippen molar-refractivity contribution in [1.29, 1.82) is 0 Å². The minimum Gasteiger partial charge on any atom is -0.489 e. The molecule has 0 fully saturated rings. The SMILES string of the molecule is CCNCc1cc(Cl)ccc1OCc1ccccc1Cl.Cl. The molecule has 0 aliphatic heterocycles. The van der Waals surface area contributed by atoms with Crippen molar-refractivity contribution in [3.8, 4) is 5.75 Å². The molecule has 0 bridgehead atoms. The lowest BCUT2D eigenvalue weighted by Gasteiger charge is -2.13. The van der Waals surface area contributed by atoms with Gasteiger partial charge in [0.05, 0.1) is 0 Å². The molecule has 2 rings (SSSR count). The molecule has 1 N–H and O–H groups in total. The van der Waals surface area contributed by atoms with Crippen molar-refractivity contribution >= 4 is 35.6 Å². The monoisotopic (exact) mass is 345 g/mol. The zero-order valence-corrected chi connectivity index (χ0v) is 14.1. The summed E-state index contributed by atoms with van der Waals surface area (Å²) >= 11 is 12.2. The fourth-order valence-electron chi connectivity index (χ4n) is 1.86. The van der Waals surface area contributed by atoms with Crippen molar-refractivity contribution in [3.05, 3.63) is 63.6 Å². The van der Waals surface area contributed by atoms with Crippen molar-refractivity contribution in [1.82, 2.24) is 5.32 Å². The molecule has 21 heavy (non-hydrogen) atoms. The highest BCUT2D eigenvalue weighted by Crippen LogP contribution is 2.25. The molecule has 0 aromatic heterocycles. The van der Waals surface area contributed by atoms with Gasteiger partial charge in [-0.3, -0.25) is 0 Å². The number of ether oxygens (including phenoxy) is 1. The van der Waals surface area contributed by atoms with Gasteiger partial charge in [0.1, 0.15) is 12.4 Å². The minimum absolute atomic E-state index is 0. The number of nitrogens with one attached hydrogen (secondary N) is 1. The molecular formula is C16H18Cl3NO. The van der Waals surface area contributed by atoms with Crippen LogP contribution in [0.3, 0.4) is 0 Å². The van der Waals surface area contributed by atoms with E-state index < -0.39 is 0 Å². The van der Waals surface area contributed by atoms with E-state index >= 15 is 0 Å². The molecule has 0 aliphatic carbocycles. The summed E-state index contributed by atoms with van der Waals surface area (Å²) in [5.41, 5.74) is 2.02. The van der Waals surface area contributed by atoms with Crippen LogP contribution in [-0.2, 0) is 13.2 Å². The van der Waals surface area contributed by atoms with Crippen LogP contribution in [0.1, 0.15) is 18.1 Å². The number of halogens is 3. The molecule has 0 heterocycles. The first-order valence-electron chi connectivity index (χ1n) is 6.56. The van der Waals surface area contributed by atoms with Gasteiger partial charge in [0, 0.05) is 27.7 Å². The number of hydrogen-bond donors (Lipinski definition) is 1. The van der Waals surface area contributed by atoms with Crippen molar-refractivity contribution < 1.29 is 4.74 Å². The van der Waals surface area contributed by atoms with Gasteiger partial charge in [-0.05, 0) is 30.8 Å². The minimum atomic E-state index is 0. The van der Waals surface area contributed by atoms with Gasteiger partial charge in [-0.15, -0.1) is 12.4 Å². The largest absolute Gasteiger partial charge is 0.489 e. The van der Waals surface area contributed by atoms with Crippen molar-refractivity contribution in [3.63, 3.8) is 0 Å². The first-order chi connectivity index (χ1) is 9.70. The first-order valence-corrected chi connectivity index (χ1v) is 7.31. The second-order valence-electron chi connectivity index (χ2n) is 4.41. The molecule has 0 aliphatic rings.